The zero-order valence-electron chi connectivity index (χ0n) is 14.4. The summed E-state index contributed by atoms with van der Waals surface area (Å²) in [5.74, 6) is 1.06. The van der Waals surface area contributed by atoms with E-state index in [9.17, 15) is 9.59 Å². The molecule has 3 N–H and O–H groups in total. The van der Waals surface area contributed by atoms with Gasteiger partial charge in [-0.2, -0.15) is 0 Å². The lowest BCUT2D eigenvalue weighted by Gasteiger charge is -2.32. The molecule has 1 saturated heterocycles. The SMILES string of the molecule is CCC1Oc2cc(C(C)NC(=O)C(C)C3CNC3)ccc2NC1=O. The van der Waals surface area contributed by atoms with Gasteiger partial charge in [0.2, 0.25) is 5.91 Å². The average Bonchev–Trinajstić information content (AvgIpc) is 2.51. The molecule has 0 aromatic heterocycles. The van der Waals surface area contributed by atoms with Crippen molar-refractivity contribution in [2.75, 3.05) is 18.4 Å². The number of carbonyl (C=O) groups is 2. The number of nitrogens with one attached hydrogen (secondary N) is 3. The van der Waals surface area contributed by atoms with E-state index in [4.69, 9.17) is 4.74 Å². The van der Waals surface area contributed by atoms with Gasteiger partial charge >= 0.3 is 0 Å². The monoisotopic (exact) mass is 331 g/mol. The molecule has 3 unspecified atom stereocenters. The van der Waals surface area contributed by atoms with Gasteiger partial charge in [0.15, 0.2) is 6.10 Å². The lowest BCUT2D eigenvalue weighted by molar-refractivity contribution is -0.127. The number of carbonyl (C=O) groups excluding carboxylic acids is 2. The van der Waals surface area contributed by atoms with Gasteiger partial charge in [-0.15, -0.1) is 0 Å². The van der Waals surface area contributed by atoms with Crippen molar-refractivity contribution in [3.63, 3.8) is 0 Å². The van der Waals surface area contributed by atoms with Crippen LogP contribution in [0.2, 0.25) is 0 Å². The second-order valence-electron chi connectivity index (χ2n) is 6.70. The van der Waals surface area contributed by atoms with E-state index in [1.165, 1.54) is 0 Å². The van der Waals surface area contributed by atoms with Gasteiger partial charge in [-0.05, 0) is 50.0 Å². The fourth-order valence-corrected chi connectivity index (χ4v) is 3.00. The summed E-state index contributed by atoms with van der Waals surface area (Å²) >= 11 is 0. The lowest BCUT2D eigenvalue weighted by atomic mass is 9.88. The van der Waals surface area contributed by atoms with E-state index in [0.717, 1.165) is 18.7 Å². The van der Waals surface area contributed by atoms with Crippen molar-refractivity contribution in [3.05, 3.63) is 23.8 Å². The summed E-state index contributed by atoms with van der Waals surface area (Å²) in [5, 5.41) is 9.13. The van der Waals surface area contributed by atoms with Crippen LogP contribution in [0.3, 0.4) is 0 Å². The lowest BCUT2D eigenvalue weighted by Crippen LogP contribution is -2.49. The summed E-state index contributed by atoms with van der Waals surface area (Å²) in [6.07, 6.45) is 0.165. The van der Waals surface area contributed by atoms with Crippen LogP contribution in [-0.4, -0.2) is 31.0 Å². The van der Waals surface area contributed by atoms with Crippen molar-refractivity contribution in [3.8, 4) is 5.75 Å². The smallest absolute Gasteiger partial charge is 0.265 e. The van der Waals surface area contributed by atoms with Crippen LogP contribution >= 0.6 is 0 Å². The summed E-state index contributed by atoms with van der Waals surface area (Å²) in [6.45, 7) is 7.68. The van der Waals surface area contributed by atoms with E-state index in [2.05, 4.69) is 16.0 Å². The van der Waals surface area contributed by atoms with Gasteiger partial charge in [0.05, 0.1) is 11.7 Å². The Morgan fingerprint density at radius 1 is 1.38 bits per heavy atom. The van der Waals surface area contributed by atoms with Crippen LogP contribution in [0.1, 0.15) is 38.8 Å². The predicted molar refractivity (Wildman–Crippen MR) is 91.9 cm³/mol. The van der Waals surface area contributed by atoms with Crippen LogP contribution in [0.25, 0.3) is 0 Å². The van der Waals surface area contributed by atoms with Crippen LogP contribution in [0.15, 0.2) is 18.2 Å². The van der Waals surface area contributed by atoms with E-state index in [1.54, 1.807) is 0 Å². The number of hydrogen-bond donors (Lipinski definition) is 3. The largest absolute Gasteiger partial charge is 0.478 e. The molecule has 1 fully saturated rings. The maximum Gasteiger partial charge on any atom is 0.265 e. The molecular weight excluding hydrogens is 306 g/mol. The minimum absolute atomic E-state index is 0.00587. The fourth-order valence-electron chi connectivity index (χ4n) is 3.00. The van der Waals surface area contributed by atoms with Crippen LogP contribution in [-0.2, 0) is 9.59 Å². The molecule has 0 aliphatic carbocycles. The highest BCUT2D eigenvalue weighted by Crippen LogP contribution is 2.33. The predicted octanol–water partition coefficient (Wildman–Crippen LogP) is 1.83. The molecule has 0 bridgehead atoms. The molecule has 24 heavy (non-hydrogen) atoms. The highest BCUT2D eigenvalue weighted by Gasteiger charge is 2.30. The molecule has 3 atom stereocenters. The molecule has 0 spiro atoms. The van der Waals surface area contributed by atoms with Gasteiger partial charge < -0.3 is 20.7 Å². The van der Waals surface area contributed by atoms with E-state index >= 15 is 0 Å². The Hall–Kier alpha value is -2.08. The summed E-state index contributed by atoms with van der Waals surface area (Å²) in [6, 6.07) is 5.53. The van der Waals surface area contributed by atoms with Gasteiger partial charge in [0.25, 0.3) is 5.91 Å². The number of benzene rings is 1. The number of amides is 2. The van der Waals surface area contributed by atoms with Crippen molar-refractivity contribution in [1.82, 2.24) is 10.6 Å². The van der Waals surface area contributed by atoms with E-state index < -0.39 is 6.10 Å². The second-order valence-corrected chi connectivity index (χ2v) is 6.70. The van der Waals surface area contributed by atoms with E-state index in [-0.39, 0.29) is 23.8 Å². The maximum atomic E-state index is 12.4. The molecule has 0 saturated carbocycles. The fraction of sp³-hybridized carbons (Fsp3) is 0.556. The molecule has 2 aliphatic heterocycles. The molecule has 1 aromatic rings. The van der Waals surface area contributed by atoms with Gasteiger partial charge in [0.1, 0.15) is 5.75 Å². The third-order valence-corrected chi connectivity index (χ3v) is 4.99. The zero-order chi connectivity index (χ0) is 17.3. The van der Waals surface area contributed by atoms with Gasteiger partial charge in [-0.1, -0.05) is 19.9 Å². The summed E-state index contributed by atoms with van der Waals surface area (Å²) in [5.41, 5.74) is 1.65. The van der Waals surface area contributed by atoms with Crippen molar-refractivity contribution < 1.29 is 14.3 Å². The van der Waals surface area contributed by atoms with Gasteiger partial charge in [-0.25, -0.2) is 0 Å². The first-order valence-electron chi connectivity index (χ1n) is 8.62. The third kappa shape index (κ3) is 3.24. The number of fused-ring (bicyclic) bond motifs is 1. The molecule has 1 aromatic carbocycles. The highest BCUT2D eigenvalue weighted by molar-refractivity contribution is 5.97. The van der Waals surface area contributed by atoms with Crippen molar-refractivity contribution in [1.29, 1.82) is 0 Å². The standard InChI is InChI=1S/C18H25N3O3/c1-4-15-18(23)21-14-6-5-12(7-16(14)24-15)11(3)20-17(22)10(2)13-8-19-9-13/h5-7,10-11,13,15,19H,4,8-9H2,1-3H3,(H,20,22)(H,21,23). The Labute approximate surface area is 142 Å². The minimum atomic E-state index is -0.455. The average molecular weight is 331 g/mol. The van der Waals surface area contributed by atoms with Crippen molar-refractivity contribution in [2.24, 2.45) is 11.8 Å². The zero-order valence-corrected chi connectivity index (χ0v) is 14.4. The topological polar surface area (TPSA) is 79.5 Å². The normalized spacial score (nSPS) is 22.5. The molecule has 2 aliphatic rings. The Morgan fingerprint density at radius 3 is 2.75 bits per heavy atom. The molecular formula is C18H25N3O3. The third-order valence-electron chi connectivity index (χ3n) is 4.99. The molecule has 2 amide bonds. The Kier molecular flexibility index (Phi) is 4.76. The summed E-state index contributed by atoms with van der Waals surface area (Å²) in [4.78, 5) is 24.2. The molecule has 3 rings (SSSR count). The number of ether oxygens (including phenoxy) is 1. The molecule has 130 valence electrons. The number of anilines is 1. The van der Waals surface area contributed by atoms with E-state index in [0.29, 0.717) is 23.8 Å². The first-order valence-corrected chi connectivity index (χ1v) is 8.62. The highest BCUT2D eigenvalue weighted by atomic mass is 16.5. The molecule has 2 heterocycles. The Balaban J connectivity index is 1.68. The van der Waals surface area contributed by atoms with Crippen molar-refractivity contribution >= 4 is 17.5 Å². The van der Waals surface area contributed by atoms with Crippen LogP contribution in [0.5, 0.6) is 5.75 Å². The van der Waals surface area contributed by atoms with E-state index in [1.807, 2.05) is 39.0 Å². The van der Waals surface area contributed by atoms with Crippen LogP contribution in [0.4, 0.5) is 5.69 Å². The second kappa shape index (κ2) is 6.81. The van der Waals surface area contributed by atoms with Crippen LogP contribution < -0.4 is 20.7 Å². The Morgan fingerprint density at radius 2 is 2.12 bits per heavy atom. The van der Waals surface area contributed by atoms with Gasteiger partial charge in [0, 0.05) is 5.92 Å². The Bertz CT molecular complexity index is 642. The summed E-state index contributed by atoms with van der Waals surface area (Å²) < 4.78 is 5.77. The molecule has 6 nitrogen and oxygen atoms in total. The minimum Gasteiger partial charge on any atom is -0.478 e. The molecule has 0 radical (unpaired) electrons. The molecule has 6 heteroatoms. The quantitative estimate of drug-likeness (QED) is 0.769. The summed E-state index contributed by atoms with van der Waals surface area (Å²) in [7, 11) is 0. The van der Waals surface area contributed by atoms with Gasteiger partial charge in [-0.3, -0.25) is 9.59 Å². The van der Waals surface area contributed by atoms with Crippen LogP contribution in [0, 0.1) is 11.8 Å². The first kappa shape index (κ1) is 16.8. The number of hydrogen-bond acceptors (Lipinski definition) is 4. The first-order chi connectivity index (χ1) is 11.5. The van der Waals surface area contributed by atoms with Crippen molar-refractivity contribution in [2.45, 2.75) is 39.3 Å². The number of rotatable bonds is 5. The maximum absolute atomic E-state index is 12.4.